The van der Waals surface area contributed by atoms with Gasteiger partial charge in [-0.1, -0.05) is 5.40 Å². The molecule has 10 heavy (non-hydrogen) atoms. The Kier molecular flexibility index (Phi) is 38.1. The van der Waals surface area contributed by atoms with Gasteiger partial charge in [0.25, 0.3) is 0 Å². The molecule has 5 heteroatoms. The molecule has 0 fully saturated rings. The molecular formula is C5H10LiNO2S. The number of nitrogens with zero attached hydrogens (tertiary/aromatic N) is 1. The van der Waals surface area contributed by atoms with Crippen LogP contribution < -0.4 is 18.9 Å². The average Bonchev–Trinajstić information content (AvgIpc) is 1.86. The molecule has 0 N–H and O–H groups in total. The molecular weight excluding hydrogens is 145 g/mol. The van der Waals surface area contributed by atoms with Gasteiger partial charge < -0.3 is 22.1 Å². The van der Waals surface area contributed by atoms with Crippen LogP contribution in [0.15, 0.2) is 0 Å². The Morgan fingerprint density at radius 1 is 1.30 bits per heavy atom. The summed E-state index contributed by atoms with van der Waals surface area (Å²) < 4.78 is 9.31. The van der Waals surface area contributed by atoms with E-state index in [1.807, 2.05) is 0 Å². The summed E-state index contributed by atoms with van der Waals surface area (Å²) in [5.74, 6) is 0. The van der Waals surface area contributed by atoms with Gasteiger partial charge in [-0.2, -0.15) is 0 Å². The van der Waals surface area contributed by atoms with Crippen LogP contribution in [-0.2, 0) is 22.1 Å². The van der Waals surface area contributed by atoms with E-state index in [1.165, 1.54) is 5.40 Å². The quantitative estimate of drug-likeness (QED) is 0.192. The van der Waals surface area contributed by atoms with E-state index in [1.54, 1.807) is 14.2 Å². The Labute approximate surface area is 79.3 Å². The predicted molar refractivity (Wildman–Crippen MR) is 36.7 cm³/mol. The summed E-state index contributed by atoms with van der Waals surface area (Å²) in [4.78, 5) is 0. The van der Waals surface area contributed by atoms with Crippen LogP contribution in [0.2, 0.25) is 0 Å². The Morgan fingerprint density at radius 2 is 1.50 bits per heavy atom. The monoisotopic (exact) mass is 155 g/mol. The average molecular weight is 155 g/mol. The van der Waals surface area contributed by atoms with Crippen molar-refractivity contribution in [2.24, 2.45) is 0 Å². The first-order chi connectivity index (χ1) is 4.33. The number of thiocyanates is 1. The van der Waals surface area contributed by atoms with Crippen molar-refractivity contribution < 1.29 is 28.3 Å². The van der Waals surface area contributed by atoms with Crippen LogP contribution in [0, 0.1) is 10.7 Å². The molecule has 0 rings (SSSR count). The fourth-order valence-corrected chi connectivity index (χ4v) is 0.167. The number of ether oxygens (including phenoxy) is 2. The van der Waals surface area contributed by atoms with Gasteiger partial charge in [0, 0.05) is 14.2 Å². The van der Waals surface area contributed by atoms with Crippen molar-refractivity contribution >= 4 is 12.6 Å². The third-order valence-electron chi connectivity index (χ3n) is 0.492. The van der Waals surface area contributed by atoms with Gasteiger partial charge in [0.15, 0.2) is 0 Å². The first-order valence-corrected chi connectivity index (χ1v) is 2.73. The van der Waals surface area contributed by atoms with Gasteiger partial charge in [-0.05, 0) is 0 Å². The molecule has 0 aromatic rings. The zero-order valence-corrected chi connectivity index (χ0v) is 7.40. The zero-order valence-electron chi connectivity index (χ0n) is 6.59. The van der Waals surface area contributed by atoms with E-state index in [4.69, 9.17) is 5.26 Å². The molecule has 0 amide bonds. The number of hydrogen-bond donors (Lipinski definition) is 0. The van der Waals surface area contributed by atoms with Gasteiger partial charge in [0.05, 0.1) is 13.2 Å². The van der Waals surface area contributed by atoms with Crippen molar-refractivity contribution in [2.75, 3.05) is 27.4 Å². The van der Waals surface area contributed by atoms with Crippen molar-refractivity contribution in [3.63, 3.8) is 0 Å². The normalized spacial score (nSPS) is 6.10. The maximum Gasteiger partial charge on any atom is 1.00 e. The van der Waals surface area contributed by atoms with Gasteiger partial charge >= 0.3 is 18.9 Å². The van der Waals surface area contributed by atoms with Gasteiger partial charge in [-0.15, -0.1) is 0 Å². The van der Waals surface area contributed by atoms with E-state index < -0.39 is 0 Å². The van der Waals surface area contributed by atoms with E-state index in [2.05, 4.69) is 22.1 Å². The van der Waals surface area contributed by atoms with E-state index in [0.717, 1.165) is 0 Å². The second kappa shape index (κ2) is 22.9. The van der Waals surface area contributed by atoms with Crippen LogP contribution in [0.3, 0.4) is 0 Å². The maximum absolute atomic E-state index is 7.13. The summed E-state index contributed by atoms with van der Waals surface area (Å²) in [6.07, 6.45) is 0. The maximum atomic E-state index is 7.13. The molecule has 0 saturated carbocycles. The van der Waals surface area contributed by atoms with E-state index in [0.29, 0.717) is 13.2 Å². The van der Waals surface area contributed by atoms with Crippen molar-refractivity contribution in [2.45, 2.75) is 0 Å². The number of hydrogen-bond acceptors (Lipinski definition) is 4. The molecule has 0 atom stereocenters. The molecule has 3 nitrogen and oxygen atoms in total. The molecule has 0 radical (unpaired) electrons. The molecule has 0 bridgehead atoms. The Hall–Kier alpha value is 0.227. The Balaban J connectivity index is -0.000000107. The number of rotatable bonds is 3. The third-order valence-corrected chi connectivity index (χ3v) is 0.492. The van der Waals surface area contributed by atoms with Gasteiger partial charge in [-0.3, -0.25) is 0 Å². The molecule has 0 saturated heterocycles. The van der Waals surface area contributed by atoms with Crippen LogP contribution in [0.5, 0.6) is 0 Å². The standard InChI is InChI=1S/C4H10O2.CHNS.Li/c1-5-3-4-6-2;2-1-3;/h3-4H2,1-2H3;3H;/q;;+1/p-1. The van der Waals surface area contributed by atoms with Crippen molar-refractivity contribution in [1.29, 1.82) is 5.26 Å². The second-order valence-corrected chi connectivity index (χ2v) is 1.26. The fraction of sp³-hybridized carbons (Fsp3) is 0.800. The first-order valence-electron chi connectivity index (χ1n) is 2.32. The minimum atomic E-state index is 0. The van der Waals surface area contributed by atoms with Crippen molar-refractivity contribution in [3.05, 3.63) is 0 Å². The molecule has 0 unspecified atom stereocenters. The van der Waals surface area contributed by atoms with Gasteiger partial charge in [0.1, 0.15) is 0 Å². The predicted octanol–water partition coefficient (Wildman–Crippen LogP) is -2.70. The second-order valence-electron chi connectivity index (χ2n) is 1.08. The molecule has 0 aromatic carbocycles. The van der Waals surface area contributed by atoms with Crippen molar-refractivity contribution in [1.82, 2.24) is 0 Å². The summed E-state index contributed by atoms with van der Waals surface area (Å²) in [6.45, 7) is 1.38. The molecule has 0 spiro atoms. The van der Waals surface area contributed by atoms with Crippen LogP contribution in [-0.4, -0.2) is 27.4 Å². The van der Waals surface area contributed by atoms with Gasteiger partial charge in [0.2, 0.25) is 0 Å². The SMILES string of the molecule is COCCOC.N#C[S-].[Li+]. The Morgan fingerprint density at radius 3 is 1.60 bits per heavy atom. The molecule has 0 heterocycles. The largest absolute Gasteiger partial charge is 1.00 e. The number of nitriles is 1. The van der Waals surface area contributed by atoms with Crippen LogP contribution >= 0.6 is 0 Å². The smallest absolute Gasteiger partial charge is 0.696 e. The van der Waals surface area contributed by atoms with Gasteiger partial charge in [-0.25, -0.2) is 5.26 Å². The molecule has 0 aliphatic carbocycles. The van der Waals surface area contributed by atoms with E-state index >= 15 is 0 Å². The zero-order chi connectivity index (χ0) is 7.54. The minimum Gasteiger partial charge on any atom is -0.696 e. The summed E-state index contributed by atoms with van der Waals surface area (Å²) in [6, 6.07) is 0. The fourth-order valence-electron chi connectivity index (χ4n) is 0.167. The summed E-state index contributed by atoms with van der Waals surface area (Å²) >= 11 is 3.70. The molecule has 0 aliphatic heterocycles. The molecule has 0 aromatic heterocycles. The molecule has 0 aliphatic rings. The number of methoxy groups -OCH3 is 2. The van der Waals surface area contributed by atoms with Crippen LogP contribution in [0.25, 0.3) is 0 Å². The van der Waals surface area contributed by atoms with E-state index in [-0.39, 0.29) is 18.9 Å². The first kappa shape index (κ1) is 16.7. The van der Waals surface area contributed by atoms with Crippen LogP contribution in [0.1, 0.15) is 0 Å². The Bertz CT molecular complexity index is 72.5. The third kappa shape index (κ3) is 41.3. The van der Waals surface area contributed by atoms with E-state index in [9.17, 15) is 0 Å². The minimum absolute atomic E-state index is 0. The van der Waals surface area contributed by atoms with Crippen LogP contribution in [0.4, 0.5) is 0 Å². The topological polar surface area (TPSA) is 42.2 Å². The summed E-state index contributed by atoms with van der Waals surface area (Å²) in [7, 11) is 3.30. The summed E-state index contributed by atoms with van der Waals surface area (Å²) in [5.41, 5.74) is 0. The molecule has 54 valence electrons. The van der Waals surface area contributed by atoms with Crippen molar-refractivity contribution in [3.8, 4) is 5.40 Å². The summed E-state index contributed by atoms with van der Waals surface area (Å²) in [5, 5.41) is 8.47.